The highest BCUT2D eigenvalue weighted by Gasteiger charge is 2.32. The third kappa shape index (κ3) is 4.80. The molecule has 1 saturated heterocycles. The van der Waals surface area contributed by atoms with Crippen molar-refractivity contribution < 1.29 is 14.0 Å². The second-order valence-electron chi connectivity index (χ2n) is 7.33. The number of H-pyrrole nitrogens is 1. The van der Waals surface area contributed by atoms with Crippen molar-refractivity contribution in [2.45, 2.75) is 13.0 Å². The molecular weight excluding hydrogens is 387 g/mol. The van der Waals surface area contributed by atoms with Gasteiger partial charge >= 0.3 is 0 Å². The molecule has 0 spiro atoms. The quantitative estimate of drug-likeness (QED) is 0.514. The van der Waals surface area contributed by atoms with Crippen molar-refractivity contribution >= 4 is 22.8 Å². The summed E-state index contributed by atoms with van der Waals surface area (Å²) in [6, 6.07) is 10.7. The third-order valence-electron chi connectivity index (χ3n) is 5.14. The summed E-state index contributed by atoms with van der Waals surface area (Å²) in [6.07, 6.45) is 2.25. The van der Waals surface area contributed by atoms with E-state index < -0.39 is 5.82 Å². The summed E-state index contributed by atoms with van der Waals surface area (Å²) in [7, 11) is 0. The van der Waals surface area contributed by atoms with Gasteiger partial charge in [-0.05, 0) is 24.3 Å². The molecular formula is C21H23FN6O2. The first-order chi connectivity index (χ1) is 14.6. The number of imidazole rings is 1. The molecule has 3 heterocycles. The first-order valence-electron chi connectivity index (χ1n) is 9.88. The van der Waals surface area contributed by atoms with Crippen LogP contribution in [0.2, 0.25) is 0 Å². The Labute approximate surface area is 172 Å². The lowest BCUT2D eigenvalue weighted by Gasteiger charge is -2.38. The van der Waals surface area contributed by atoms with E-state index in [2.05, 4.69) is 30.5 Å². The van der Waals surface area contributed by atoms with Crippen LogP contribution < -0.4 is 10.6 Å². The summed E-state index contributed by atoms with van der Waals surface area (Å²) < 4.78 is 13.5. The van der Waals surface area contributed by atoms with Gasteiger partial charge in [0.15, 0.2) is 0 Å². The number of carbonyl (C=O) groups is 2. The van der Waals surface area contributed by atoms with E-state index in [9.17, 15) is 14.0 Å². The molecule has 30 heavy (non-hydrogen) atoms. The minimum absolute atomic E-state index is 0.0135. The number of fused-ring (bicyclic) bond motifs is 1. The van der Waals surface area contributed by atoms with Crippen molar-refractivity contribution in [3.63, 3.8) is 0 Å². The van der Waals surface area contributed by atoms with Crippen LogP contribution in [0.25, 0.3) is 11.0 Å². The molecule has 8 nitrogen and oxygen atoms in total. The molecule has 0 aliphatic carbocycles. The second-order valence-corrected chi connectivity index (χ2v) is 7.33. The SMILES string of the molecule is O=C(CNC(=O)C1CN(CCc2nc3ccccc3[nH]2)C1)NCc1ncccc1F. The summed E-state index contributed by atoms with van der Waals surface area (Å²) in [6.45, 7) is 1.99. The van der Waals surface area contributed by atoms with Gasteiger partial charge in [0, 0.05) is 32.3 Å². The predicted molar refractivity (Wildman–Crippen MR) is 109 cm³/mol. The van der Waals surface area contributed by atoms with Crippen molar-refractivity contribution in [3.8, 4) is 0 Å². The molecule has 1 aromatic carbocycles. The number of hydrogen-bond donors (Lipinski definition) is 3. The number of nitrogens with one attached hydrogen (secondary N) is 3. The monoisotopic (exact) mass is 410 g/mol. The maximum Gasteiger partial charge on any atom is 0.239 e. The largest absolute Gasteiger partial charge is 0.349 e. The van der Waals surface area contributed by atoms with Crippen LogP contribution in [0.15, 0.2) is 42.6 Å². The molecule has 4 rings (SSSR count). The average molecular weight is 410 g/mol. The number of pyridine rings is 1. The Morgan fingerprint density at radius 2 is 2.00 bits per heavy atom. The summed E-state index contributed by atoms with van der Waals surface area (Å²) in [5.74, 6) is -0.186. The van der Waals surface area contributed by atoms with Crippen molar-refractivity contribution in [1.29, 1.82) is 0 Å². The van der Waals surface area contributed by atoms with Gasteiger partial charge in [-0.3, -0.25) is 14.6 Å². The Morgan fingerprint density at radius 1 is 1.17 bits per heavy atom. The average Bonchev–Trinajstić information content (AvgIpc) is 3.13. The van der Waals surface area contributed by atoms with Crippen LogP contribution in [-0.4, -0.2) is 57.8 Å². The molecule has 2 amide bonds. The Balaban J connectivity index is 1.13. The second kappa shape index (κ2) is 9.00. The number of likely N-dealkylation sites (tertiary alicyclic amines) is 1. The van der Waals surface area contributed by atoms with Gasteiger partial charge in [0.2, 0.25) is 11.8 Å². The Bertz CT molecular complexity index is 1010. The van der Waals surface area contributed by atoms with Crippen molar-refractivity contribution in [3.05, 3.63) is 59.9 Å². The Kier molecular flexibility index (Phi) is 5.99. The highest BCUT2D eigenvalue weighted by Crippen LogP contribution is 2.17. The van der Waals surface area contributed by atoms with Gasteiger partial charge in [0.05, 0.1) is 35.7 Å². The van der Waals surface area contributed by atoms with Gasteiger partial charge in [-0.25, -0.2) is 9.37 Å². The highest BCUT2D eigenvalue weighted by atomic mass is 19.1. The van der Waals surface area contributed by atoms with E-state index in [0.717, 1.165) is 29.8 Å². The van der Waals surface area contributed by atoms with Gasteiger partial charge in [-0.1, -0.05) is 12.1 Å². The summed E-state index contributed by atoms with van der Waals surface area (Å²) in [5, 5.41) is 5.19. The normalized spacial score (nSPS) is 14.4. The molecule has 0 atom stereocenters. The summed E-state index contributed by atoms with van der Waals surface area (Å²) >= 11 is 0. The van der Waals surface area contributed by atoms with E-state index in [1.807, 2.05) is 24.3 Å². The van der Waals surface area contributed by atoms with E-state index in [1.54, 1.807) is 0 Å². The zero-order valence-corrected chi connectivity index (χ0v) is 16.4. The van der Waals surface area contributed by atoms with E-state index in [4.69, 9.17) is 0 Å². The topological polar surface area (TPSA) is 103 Å². The lowest BCUT2D eigenvalue weighted by atomic mass is 9.99. The van der Waals surface area contributed by atoms with Crippen LogP contribution in [0, 0.1) is 11.7 Å². The number of rotatable bonds is 8. The number of carbonyl (C=O) groups excluding carboxylic acids is 2. The standard InChI is InChI=1S/C21H23FN6O2/c22-15-4-3-8-23-18(15)10-24-20(29)11-25-21(30)14-12-28(13-14)9-7-19-26-16-5-1-2-6-17(16)27-19/h1-6,8,14H,7,9-13H2,(H,24,29)(H,25,30)(H,26,27). The fraction of sp³-hybridized carbons (Fsp3) is 0.333. The predicted octanol–water partition coefficient (Wildman–Crippen LogP) is 1.00. The van der Waals surface area contributed by atoms with Gasteiger partial charge in [0.25, 0.3) is 0 Å². The number of nitrogens with zero attached hydrogens (tertiary/aromatic N) is 3. The van der Waals surface area contributed by atoms with Crippen LogP contribution in [-0.2, 0) is 22.6 Å². The number of aromatic amines is 1. The summed E-state index contributed by atoms with van der Waals surface area (Å²) in [5.41, 5.74) is 2.14. The number of hydrogen-bond acceptors (Lipinski definition) is 5. The fourth-order valence-corrected chi connectivity index (χ4v) is 3.41. The highest BCUT2D eigenvalue weighted by molar-refractivity contribution is 5.86. The molecule has 3 N–H and O–H groups in total. The fourth-order valence-electron chi connectivity index (χ4n) is 3.41. The first-order valence-corrected chi connectivity index (χ1v) is 9.88. The lowest BCUT2D eigenvalue weighted by molar-refractivity contribution is -0.132. The van der Waals surface area contributed by atoms with E-state index >= 15 is 0 Å². The zero-order valence-electron chi connectivity index (χ0n) is 16.4. The zero-order chi connectivity index (χ0) is 20.9. The number of aromatic nitrogens is 3. The molecule has 3 aromatic rings. The molecule has 0 radical (unpaired) electrons. The van der Waals surface area contributed by atoms with Crippen LogP contribution in [0.4, 0.5) is 4.39 Å². The third-order valence-corrected chi connectivity index (χ3v) is 5.14. The Morgan fingerprint density at radius 3 is 2.80 bits per heavy atom. The van der Waals surface area contributed by atoms with Gasteiger partial charge in [-0.15, -0.1) is 0 Å². The molecule has 1 aliphatic rings. The van der Waals surface area contributed by atoms with Crippen LogP contribution in [0.5, 0.6) is 0 Å². The van der Waals surface area contributed by atoms with Crippen LogP contribution in [0.3, 0.4) is 0 Å². The minimum Gasteiger partial charge on any atom is -0.349 e. The first kappa shape index (κ1) is 20.0. The Hall–Kier alpha value is -3.33. The van der Waals surface area contributed by atoms with Gasteiger partial charge < -0.3 is 20.5 Å². The molecule has 0 saturated carbocycles. The van der Waals surface area contributed by atoms with Crippen molar-refractivity contribution in [1.82, 2.24) is 30.5 Å². The molecule has 0 unspecified atom stereocenters. The number of halogens is 1. The summed E-state index contributed by atoms with van der Waals surface area (Å²) in [4.78, 5) is 38.0. The van der Waals surface area contributed by atoms with Crippen molar-refractivity contribution in [2.75, 3.05) is 26.2 Å². The van der Waals surface area contributed by atoms with E-state index in [0.29, 0.717) is 13.1 Å². The molecule has 9 heteroatoms. The maximum absolute atomic E-state index is 13.5. The van der Waals surface area contributed by atoms with Gasteiger partial charge in [0.1, 0.15) is 11.6 Å². The number of amides is 2. The minimum atomic E-state index is -0.473. The van der Waals surface area contributed by atoms with Crippen LogP contribution >= 0.6 is 0 Å². The van der Waals surface area contributed by atoms with E-state index in [1.165, 1.54) is 18.3 Å². The molecule has 2 aromatic heterocycles. The van der Waals surface area contributed by atoms with E-state index in [-0.39, 0.29) is 36.5 Å². The smallest absolute Gasteiger partial charge is 0.239 e. The molecule has 156 valence electrons. The number of para-hydroxylation sites is 2. The van der Waals surface area contributed by atoms with Crippen LogP contribution in [0.1, 0.15) is 11.5 Å². The number of benzene rings is 1. The molecule has 1 fully saturated rings. The molecule has 0 bridgehead atoms. The maximum atomic E-state index is 13.5. The lowest BCUT2D eigenvalue weighted by Crippen LogP contribution is -2.54. The van der Waals surface area contributed by atoms with Crippen molar-refractivity contribution in [2.24, 2.45) is 5.92 Å². The van der Waals surface area contributed by atoms with Gasteiger partial charge in [-0.2, -0.15) is 0 Å². The molecule has 1 aliphatic heterocycles.